The molecule has 2 aromatic heterocycles. The second-order valence-electron chi connectivity index (χ2n) is 9.98. The van der Waals surface area contributed by atoms with E-state index >= 15 is 0 Å². The Morgan fingerprint density at radius 1 is 1.24 bits per heavy atom. The quantitative estimate of drug-likeness (QED) is 0.400. The lowest BCUT2D eigenvalue weighted by Crippen LogP contribution is -2.58. The first kappa shape index (κ1) is 25.2. The Morgan fingerprint density at radius 2 is 2.11 bits per heavy atom. The van der Waals surface area contributed by atoms with Crippen molar-refractivity contribution in [3.8, 4) is 11.3 Å². The van der Waals surface area contributed by atoms with Gasteiger partial charge in [-0.05, 0) is 56.4 Å². The maximum Gasteiger partial charge on any atom is 0.318 e. The van der Waals surface area contributed by atoms with Gasteiger partial charge in [-0.1, -0.05) is 18.6 Å². The molecular formula is C27H35N7O3. The highest BCUT2D eigenvalue weighted by atomic mass is 16.5. The first-order valence-corrected chi connectivity index (χ1v) is 13.1. The number of aliphatic hydroxyl groups excluding tert-OH is 1. The first-order chi connectivity index (χ1) is 18.0. The minimum absolute atomic E-state index is 0.00204. The number of fused-ring (bicyclic) bond motifs is 1. The van der Waals surface area contributed by atoms with E-state index < -0.39 is 0 Å². The Labute approximate surface area is 217 Å². The van der Waals surface area contributed by atoms with Gasteiger partial charge in [0.15, 0.2) is 0 Å². The van der Waals surface area contributed by atoms with E-state index in [4.69, 9.17) is 14.8 Å². The van der Waals surface area contributed by atoms with Gasteiger partial charge >= 0.3 is 6.03 Å². The zero-order chi connectivity index (χ0) is 25.8. The average Bonchev–Trinajstić information content (AvgIpc) is 3.19. The molecule has 10 heteroatoms. The van der Waals surface area contributed by atoms with Crippen LogP contribution in [0.2, 0.25) is 0 Å². The van der Waals surface area contributed by atoms with Gasteiger partial charge in [-0.3, -0.25) is 4.68 Å². The van der Waals surface area contributed by atoms with Gasteiger partial charge in [-0.25, -0.2) is 14.8 Å². The van der Waals surface area contributed by atoms with Gasteiger partial charge < -0.3 is 25.4 Å². The summed E-state index contributed by atoms with van der Waals surface area (Å²) in [5.41, 5.74) is 5.04. The van der Waals surface area contributed by atoms with Crippen molar-refractivity contribution < 1.29 is 14.6 Å². The Balaban J connectivity index is 1.28. The number of nitrogens with one attached hydrogen (secondary N) is 2. The Morgan fingerprint density at radius 3 is 2.92 bits per heavy atom. The second-order valence-corrected chi connectivity index (χ2v) is 9.98. The number of carbonyl (C=O) groups excluding carboxylic acids is 1. The molecule has 1 atom stereocenters. The third-order valence-electron chi connectivity index (χ3n) is 6.77. The molecular weight excluding hydrogens is 470 g/mol. The van der Waals surface area contributed by atoms with Crippen LogP contribution in [0.25, 0.3) is 11.3 Å². The Bertz CT molecular complexity index is 1220. The van der Waals surface area contributed by atoms with Gasteiger partial charge in [0.2, 0.25) is 5.95 Å². The second kappa shape index (κ2) is 11.3. The van der Waals surface area contributed by atoms with Crippen LogP contribution in [0.4, 0.5) is 16.4 Å². The van der Waals surface area contributed by atoms with E-state index in [1.807, 2.05) is 24.8 Å². The number of benzene rings is 1. The molecule has 1 aliphatic carbocycles. The number of likely N-dealkylation sites (tertiary alicyclic amines) is 1. The van der Waals surface area contributed by atoms with Crippen LogP contribution in [0.3, 0.4) is 0 Å². The van der Waals surface area contributed by atoms with E-state index in [0.717, 1.165) is 42.6 Å². The number of hydrogen-bond donors (Lipinski definition) is 3. The third kappa shape index (κ3) is 6.08. The molecule has 2 aliphatic rings. The molecule has 2 amide bonds. The molecule has 3 aromatic rings. The lowest BCUT2D eigenvalue weighted by Gasteiger charge is -2.40. The number of carbonyl (C=O) groups is 1. The number of anilines is 2. The molecule has 37 heavy (non-hydrogen) atoms. The SMILES string of the molecule is CC(C)OC1CN(C(=O)N[C@@H]2CCCCc3cc(-c4ccnc(Nc5cnn(CCO)c5)n4)ccc32)C1. The molecule has 0 bridgehead atoms. The maximum atomic E-state index is 12.9. The minimum Gasteiger partial charge on any atom is -0.394 e. The summed E-state index contributed by atoms with van der Waals surface area (Å²) in [5, 5.41) is 19.7. The molecule has 10 nitrogen and oxygen atoms in total. The summed E-state index contributed by atoms with van der Waals surface area (Å²) in [4.78, 5) is 23.8. The van der Waals surface area contributed by atoms with Gasteiger partial charge in [-0.15, -0.1) is 0 Å². The highest BCUT2D eigenvalue weighted by molar-refractivity contribution is 5.76. The van der Waals surface area contributed by atoms with Crippen molar-refractivity contribution in [1.82, 2.24) is 30.0 Å². The van der Waals surface area contributed by atoms with Gasteiger partial charge in [0, 0.05) is 18.0 Å². The fourth-order valence-electron chi connectivity index (χ4n) is 4.97. The van der Waals surface area contributed by atoms with Crippen molar-refractivity contribution in [1.29, 1.82) is 0 Å². The molecule has 1 aliphatic heterocycles. The van der Waals surface area contributed by atoms with E-state index in [1.54, 1.807) is 23.3 Å². The molecule has 1 aromatic carbocycles. The third-order valence-corrected chi connectivity index (χ3v) is 6.77. The summed E-state index contributed by atoms with van der Waals surface area (Å²) in [6.07, 6.45) is 9.61. The molecule has 0 saturated carbocycles. The van der Waals surface area contributed by atoms with Crippen LogP contribution in [0.5, 0.6) is 0 Å². The van der Waals surface area contributed by atoms with Gasteiger partial charge in [0.05, 0.1) is 62.1 Å². The number of rotatable bonds is 8. The molecule has 0 spiro atoms. The normalized spacial score (nSPS) is 17.7. The summed E-state index contributed by atoms with van der Waals surface area (Å²) in [6.45, 7) is 5.80. The number of nitrogens with zero attached hydrogens (tertiary/aromatic N) is 5. The van der Waals surface area contributed by atoms with Crippen LogP contribution < -0.4 is 10.6 Å². The Kier molecular flexibility index (Phi) is 7.66. The predicted molar refractivity (Wildman–Crippen MR) is 140 cm³/mol. The van der Waals surface area contributed by atoms with Gasteiger partial charge in [0.1, 0.15) is 0 Å². The van der Waals surface area contributed by atoms with Crippen LogP contribution in [0.1, 0.15) is 50.3 Å². The number of urea groups is 1. The summed E-state index contributed by atoms with van der Waals surface area (Å²) in [7, 11) is 0. The summed E-state index contributed by atoms with van der Waals surface area (Å²) in [6, 6.07) is 8.29. The van der Waals surface area contributed by atoms with E-state index in [9.17, 15) is 4.79 Å². The van der Waals surface area contributed by atoms with Crippen molar-refractivity contribution in [3.63, 3.8) is 0 Å². The average molecular weight is 506 g/mol. The van der Waals surface area contributed by atoms with E-state index in [2.05, 4.69) is 38.9 Å². The largest absolute Gasteiger partial charge is 0.394 e. The van der Waals surface area contributed by atoms with Crippen molar-refractivity contribution >= 4 is 17.7 Å². The van der Waals surface area contributed by atoms with Crippen LogP contribution >= 0.6 is 0 Å². The highest BCUT2D eigenvalue weighted by Gasteiger charge is 2.33. The summed E-state index contributed by atoms with van der Waals surface area (Å²) < 4.78 is 7.45. The molecule has 1 fully saturated rings. The molecule has 3 heterocycles. The summed E-state index contributed by atoms with van der Waals surface area (Å²) >= 11 is 0. The molecule has 1 saturated heterocycles. The number of aryl methyl sites for hydroxylation is 1. The standard InChI is InChI=1S/C27H35N7O3/c1-18(2)37-22-16-33(17-22)27(36)32-25-6-4-3-5-19-13-20(7-8-23(19)25)24-9-10-28-26(31-24)30-21-14-29-34(15-21)11-12-35/h7-10,13-15,18,22,25,35H,3-6,11-12,16-17H2,1-2H3,(H,32,36)(H,28,30,31)/t25-/m1/s1. The number of amides is 2. The van der Waals surface area contributed by atoms with E-state index in [0.29, 0.717) is 25.6 Å². The fourth-order valence-corrected chi connectivity index (χ4v) is 4.97. The molecule has 196 valence electrons. The molecule has 0 radical (unpaired) electrons. The molecule has 5 rings (SSSR count). The topological polar surface area (TPSA) is 117 Å². The number of hydrogen-bond acceptors (Lipinski definition) is 7. The molecule has 0 unspecified atom stereocenters. The van der Waals surface area contributed by atoms with Gasteiger partial charge in [0.25, 0.3) is 0 Å². The maximum absolute atomic E-state index is 12.9. The zero-order valence-corrected chi connectivity index (χ0v) is 21.4. The lowest BCUT2D eigenvalue weighted by atomic mass is 9.95. The number of aromatic nitrogens is 4. The van der Waals surface area contributed by atoms with Crippen molar-refractivity contribution in [2.24, 2.45) is 0 Å². The number of ether oxygens (including phenoxy) is 1. The summed E-state index contributed by atoms with van der Waals surface area (Å²) in [5.74, 6) is 0.482. The van der Waals surface area contributed by atoms with Crippen molar-refractivity contribution in [2.45, 2.75) is 64.3 Å². The number of aliphatic hydroxyl groups is 1. The van der Waals surface area contributed by atoms with E-state index in [-0.39, 0.29) is 30.9 Å². The van der Waals surface area contributed by atoms with Crippen molar-refractivity contribution in [3.05, 3.63) is 54.0 Å². The van der Waals surface area contributed by atoms with Crippen LogP contribution in [0.15, 0.2) is 42.9 Å². The monoisotopic (exact) mass is 505 g/mol. The predicted octanol–water partition coefficient (Wildman–Crippen LogP) is 3.66. The van der Waals surface area contributed by atoms with Crippen LogP contribution in [-0.4, -0.2) is 67.7 Å². The molecule has 3 N–H and O–H groups in total. The minimum atomic E-state index is -0.0145. The van der Waals surface area contributed by atoms with Crippen LogP contribution in [0, 0.1) is 0 Å². The fraction of sp³-hybridized carbons (Fsp3) is 0.481. The first-order valence-electron chi connectivity index (χ1n) is 13.1. The smallest absolute Gasteiger partial charge is 0.318 e. The van der Waals surface area contributed by atoms with Gasteiger partial charge in [-0.2, -0.15) is 5.10 Å². The van der Waals surface area contributed by atoms with Crippen LogP contribution in [-0.2, 0) is 17.7 Å². The zero-order valence-electron chi connectivity index (χ0n) is 21.4. The Hall–Kier alpha value is -3.50. The lowest BCUT2D eigenvalue weighted by molar-refractivity contribution is -0.0644. The highest BCUT2D eigenvalue weighted by Crippen LogP contribution is 2.32. The van der Waals surface area contributed by atoms with E-state index in [1.165, 1.54) is 11.1 Å². The van der Waals surface area contributed by atoms with Crippen molar-refractivity contribution in [2.75, 3.05) is 25.0 Å².